The van der Waals surface area contributed by atoms with Crippen molar-refractivity contribution >= 4 is 17.6 Å². The highest BCUT2D eigenvalue weighted by atomic mass is 16.6. The van der Waals surface area contributed by atoms with Crippen LogP contribution in [-0.2, 0) is 41.3 Å². The van der Waals surface area contributed by atoms with Gasteiger partial charge in [-0.1, -0.05) is 11.2 Å². The normalized spacial score (nSPS) is 13.5. The molecule has 1 aliphatic heterocycles. The van der Waals surface area contributed by atoms with Crippen LogP contribution in [0.1, 0.15) is 36.9 Å². The van der Waals surface area contributed by atoms with Crippen LogP contribution < -0.4 is 16.4 Å². The van der Waals surface area contributed by atoms with Gasteiger partial charge in [-0.05, 0) is 56.7 Å². The summed E-state index contributed by atoms with van der Waals surface area (Å²) >= 11 is 0. The van der Waals surface area contributed by atoms with Crippen molar-refractivity contribution in [1.29, 1.82) is 0 Å². The number of ether oxygens (including phenoxy) is 5. The number of fused-ring (bicyclic) bond motifs is 1. The van der Waals surface area contributed by atoms with Crippen LogP contribution in [0.15, 0.2) is 29.0 Å². The highest BCUT2D eigenvalue weighted by molar-refractivity contribution is 5.76. The molecule has 3 heterocycles. The molecule has 2 aromatic rings. The Labute approximate surface area is 266 Å². The molecule has 3 rings (SSSR count). The Morgan fingerprint density at radius 3 is 2.27 bits per heavy atom. The van der Waals surface area contributed by atoms with Crippen LogP contribution in [0.5, 0.6) is 0 Å². The molecule has 0 bridgehead atoms. The smallest absolute Gasteiger partial charge is 0.326 e. The van der Waals surface area contributed by atoms with Crippen LogP contribution >= 0.6 is 0 Å². The summed E-state index contributed by atoms with van der Waals surface area (Å²) in [5, 5.41) is 19.8. The minimum absolute atomic E-state index is 0.409. The van der Waals surface area contributed by atoms with Crippen LogP contribution in [-0.4, -0.2) is 131 Å². The summed E-state index contributed by atoms with van der Waals surface area (Å²) in [5.74, 6) is 0.509. The van der Waals surface area contributed by atoms with Crippen molar-refractivity contribution in [3.05, 3.63) is 35.7 Å². The molecule has 5 N–H and O–H groups in total. The predicted molar refractivity (Wildman–Crippen MR) is 170 cm³/mol. The number of aryl methyl sites for hydroxylation is 2. The fraction of sp³-hybridized carbons (Fsp3) is 0.710. The van der Waals surface area contributed by atoms with E-state index in [-0.39, 0.29) is 0 Å². The van der Waals surface area contributed by atoms with Gasteiger partial charge in [-0.3, -0.25) is 0 Å². The van der Waals surface area contributed by atoms with Gasteiger partial charge >= 0.3 is 5.97 Å². The molecule has 14 nitrogen and oxygen atoms in total. The summed E-state index contributed by atoms with van der Waals surface area (Å²) in [6.45, 7) is 8.70. The average Bonchev–Trinajstić information content (AvgIpc) is 3.57. The molecule has 0 aromatic carbocycles. The van der Waals surface area contributed by atoms with Gasteiger partial charge in [0.25, 0.3) is 0 Å². The number of hydrogen-bond acceptors (Lipinski definition) is 13. The Morgan fingerprint density at radius 2 is 1.62 bits per heavy atom. The van der Waals surface area contributed by atoms with Gasteiger partial charge in [-0.15, -0.1) is 0 Å². The van der Waals surface area contributed by atoms with E-state index in [1.54, 1.807) is 6.07 Å². The number of nitrogens with zero attached hydrogens (tertiary/aromatic N) is 3. The van der Waals surface area contributed by atoms with Crippen molar-refractivity contribution in [3.8, 4) is 0 Å². The molecule has 14 heteroatoms. The first-order chi connectivity index (χ1) is 22.2. The number of aliphatic carboxylic acids is 1. The number of pyridine rings is 1. The van der Waals surface area contributed by atoms with Gasteiger partial charge in [0.05, 0.1) is 66.1 Å². The molecule has 0 saturated carbocycles. The van der Waals surface area contributed by atoms with Crippen LogP contribution in [0.4, 0.5) is 11.6 Å². The predicted octanol–water partition coefficient (Wildman–Crippen LogP) is 2.05. The summed E-state index contributed by atoms with van der Waals surface area (Å²) in [6, 6.07) is 5.16. The Hall–Kier alpha value is -2.85. The van der Waals surface area contributed by atoms with Gasteiger partial charge in [0.15, 0.2) is 5.82 Å². The number of aromatic nitrogens is 2. The third-order valence-corrected chi connectivity index (χ3v) is 7.20. The van der Waals surface area contributed by atoms with E-state index in [0.29, 0.717) is 97.9 Å². The highest BCUT2D eigenvalue weighted by Gasteiger charge is 2.20. The largest absolute Gasteiger partial charge is 0.480 e. The molecule has 0 radical (unpaired) electrons. The molecular weight excluding hydrogens is 584 g/mol. The molecule has 45 heavy (non-hydrogen) atoms. The van der Waals surface area contributed by atoms with Crippen LogP contribution in [0, 0.1) is 0 Å². The molecule has 2 aromatic heterocycles. The lowest BCUT2D eigenvalue weighted by molar-refractivity contribution is -0.138. The number of rotatable bonds is 28. The first-order valence-corrected chi connectivity index (χ1v) is 16.1. The summed E-state index contributed by atoms with van der Waals surface area (Å²) in [5.41, 5.74) is 7.75. The number of unbranched alkanes of at least 4 members (excludes halogenated alkanes) is 1. The molecule has 0 fully saturated rings. The van der Waals surface area contributed by atoms with E-state index in [1.807, 2.05) is 0 Å². The quantitative estimate of drug-likeness (QED) is 0.0999. The van der Waals surface area contributed by atoms with E-state index in [1.165, 1.54) is 11.8 Å². The second-order valence-electron chi connectivity index (χ2n) is 10.7. The molecule has 1 aliphatic rings. The molecule has 0 saturated heterocycles. The number of nitrogens with two attached hydrogens (primary N) is 1. The molecule has 1 atom stereocenters. The third-order valence-electron chi connectivity index (χ3n) is 7.20. The first-order valence-electron chi connectivity index (χ1n) is 16.1. The Bertz CT molecular complexity index is 1030. The lowest BCUT2D eigenvalue weighted by Gasteiger charge is -2.24. The maximum atomic E-state index is 11.9. The number of anilines is 2. The standard InChI is InChI=1S/C31H52N6O8/c32-10-16-40-18-20-42-22-24-44-25-23-43-21-19-41-17-14-37(13-8-28(31(38)39)35-29-9-15-45-36-29)12-2-1-5-27-7-6-26-4-3-11-33-30(26)34-27/h6-7,9,15,28H,1-5,8,10-14,16-25,32H2,(H,33,34)(H,35,36)(H,38,39). The topological polar surface area (TPSA) is 176 Å². The third kappa shape index (κ3) is 16.3. The number of nitrogens with one attached hydrogen (secondary N) is 2. The van der Waals surface area contributed by atoms with E-state index in [9.17, 15) is 9.90 Å². The number of hydrogen-bond donors (Lipinski definition) is 4. The second-order valence-corrected chi connectivity index (χ2v) is 10.7. The highest BCUT2D eigenvalue weighted by Crippen LogP contribution is 2.20. The van der Waals surface area contributed by atoms with Crippen LogP contribution in [0.2, 0.25) is 0 Å². The van der Waals surface area contributed by atoms with Crippen molar-refractivity contribution in [2.24, 2.45) is 5.73 Å². The van der Waals surface area contributed by atoms with Crippen molar-refractivity contribution in [2.45, 2.75) is 44.6 Å². The molecule has 254 valence electrons. The number of carboxylic acids is 1. The van der Waals surface area contributed by atoms with Gasteiger partial charge in [-0.25, -0.2) is 9.78 Å². The Balaban J connectivity index is 1.29. The van der Waals surface area contributed by atoms with Gasteiger partial charge in [0.2, 0.25) is 0 Å². The first kappa shape index (κ1) is 36.6. The summed E-state index contributed by atoms with van der Waals surface area (Å²) < 4.78 is 32.4. The van der Waals surface area contributed by atoms with Crippen molar-refractivity contribution < 1.29 is 38.1 Å². The minimum Gasteiger partial charge on any atom is -0.480 e. The zero-order valence-electron chi connectivity index (χ0n) is 26.5. The zero-order chi connectivity index (χ0) is 31.8. The lowest BCUT2D eigenvalue weighted by Crippen LogP contribution is -2.37. The average molecular weight is 637 g/mol. The Morgan fingerprint density at radius 1 is 0.933 bits per heavy atom. The van der Waals surface area contributed by atoms with Crippen LogP contribution in [0.25, 0.3) is 0 Å². The summed E-state index contributed by atoms with van der Waals surface area (Å²) in [7, 11) is 0. The minimum atomic E-state index is -0.928. The van der Waals surface area contributed by atoms with Crippen molar-refractivity contribution in [1.82, 2.24) is 15.0 Å². The van der Waals surface area contributed by atoms with Gasteiger partial charge in [0, 0.05) is 37.9 Å². The molecule has 0 aliphatic carbocycles. The van der Waals surface area contributed by atoms with Gasteiger partial charge < -0.3 is 54.6 Å². The van der Waals surface area contributed by atoms with Gasteiger partial charge in [0.1, 0.15) is 18.1 Å². The monoisotopic (exact) mass is 636 g/mol. The fourth-order valence-corrected chi connectivity index (χ4v) is 4.78. The second kappa shape index (κ2) is 23.5. The molecular formula is C31H52N6O8. The SMILES string of the molecule is NCCOCCOCCOCCOCCOCCN(CCCCc1ccc2c(n1)NCCC2)CCC(Nc1ccon1)C(=O)O. The van der Waals surface area contributed by atoms with Crippen molar-refractivity contribution in [2.75, 3.05) is 109 Å². The van der Waals surface area contributed by atoms with E-state index in [2.05, 4.69) is 32.8 Å². The van der Waals surface area contributed by atoms with E-state index in [0.717, 1.165) is 56.7 Å². The maximum Gasteiger partial charge on any atom is 0.326 e. The van der Waals surface area contributed by atoms with E-state index < -0.39 is 12.0 Å². The number of carbonyl (C=O) groups is 1. The Kier molecular flexibility index (Phi) is 19.1. The van der Waals surface area contributed by atoms with E-state index >= 15 is 0 Å². The van der Waals surface area contributed by atoms with Crippen LogP contribution in [0.3, 0.4) is 0 Å². The van der Waals surface area contributed by atoms with Crippen molar-refractivity contribution in [3.63, 3.8) is 0 Å². The molecule has 0 spiro atoms. The molecule has 1 unspecified atom stereocenters. The van der Waals surface area contributed by atoms with Gasteiger partial charge in [-0.2, -0.15) is 0 Å². The summed E-state index contributed by atoms with van der Waals surface area (Å²) in [4.78, 5) is 18.9. The fourth-order valence-electron chi connectivity index (χ4n) is 4.78. The number of carboxylic acid groups (broad SMARTS) is 1. The summed E-state index contributed by atoms with van der Waals surface area (Å²) in [6.07, 6.45) is 6.93. The molecule has 0 amide bonds. The zero-order valence-corrected chi connectivity index (χ0v) is 26.5. The lowest BCUT2D eigenvalue weighted by atomic mass is 10.1. The van der Waals surface area contributed by atoms with E-state index in [4.69, 9.17) is 38.9 Å². The maximum absolute atomic E-state index is 11.9.